The Morgan fingerprint density at radius 1 is 0.487 bits per heavy atom. The molecule has 0 atom stereocenters. The molecule has 0 aliphatic heterocycles. The molecular formula is C27H42N12. The summed E-state index contributed by atoms with van der Waals surface area (Å²) in [5, 5.41) is 26.4. The fourth-order valence-electron chi connectivity index (χ4n) is 5.02. The van der Waals surface area contributed by atoms with Gasteiger partial charge < -0.3 is 14.7 Å². The molecular weight excluding hydrogens is 492 g/mol. The summed E-state index contributed by atoms with van der Waals surface area (Å²) in [5.74, 6) is 0. The van der Waals surface area contributed by atoms with Crippen molar-refractivity contribution in [2.75, 3.05) is 42.3 Å². The van der Waals surface area contributed by atoms with Crippen LogP contribution in [-0.2, 0) is 39.3 Å². The van der Waals surface area contributed by atoms with Crippen LogP contribution in [-0.4, -0.2) is 102 Å². The Morgan fingerprint density at radius 3 is 0.974 bits per heavy atom. The predicted molar refractivity (Wildman–Crippen MR) is 150 cm³/mol. The van der Waals surface area contributed by atoms with E-state index in [1.54, 1.807) is 0 Å². The highest BCUT2D eigenvalue weighted by Gasteiger charge is 2.20. The highest BCUT2D eigenvalue weighted by atomic mass is 15.4. The molecule has 1 aromatic carbocycles. The number of rotatable bonds is 12. The minimum atomic E-state index is 0.644. The summed E-state index contributed by atoms with van der Waals surface area (Å²) in [6, 6.07) is 0. The third-order valence-electron chi connectivity index (χ3n) is 6.87. The van der Waals surface area contributed by atoms with Crippen LogP contribution in [0.15, 0.2) is 18.6 Å². The van der Waals surface area contributed by atoms with Gasteiger partial charge in [-0.3, -0.25) is 0 Å². The first-order valence-electron chi connectivity index (χ1n) is 13.2. The van der Waals surface area contributed by atoms with Gasteiger partial charge in [-0.2, -0.15) is 0 Å². The van der Waals surface area contributed by atoms with Gasteiger partial charge in [0.15, 0.2) is 0 Å². The smallest absolute Gasteiger partial charge is 0.0967 e. The highest BCUT2D eigenvalue weighted by molar-refractivity contribution is 5.51. The van der Waals surface area contributed by atoms with Gasteiger partial charge in [0.1, 0.15) is 0 Å². The van der Waals surface area contributed by atoms with Crippen LogP contribution in [0.4, 0.5) is 0 Å². The van der Waals surface area contributed by atoms with Crippen LogP contribution in [0.3, 0.4) is 0 Å². The average Bonchev–Trinajstić information content (AvgIpc) is 3.58. The van der Waals surface area contributed by atoms with E-state index in [0.717, 1.165) is 36.7 Å². The molecule has 12 heteroatoms. The van der Waals surface area contributed by atoms with Gasteiger partial charge in [0.25, 0.3) is 0 Å². The topological polar surface area (TPSA) is 102 Å². The molecule has 39 heavy (non-hydrogen) atoms. The third kappa shape index (κ3) is 7.14. The van der Waals surface area contributed by atoms with Crippen LogP contribution in [0, 0.1) is 20.8 Å². The summed E-state index contributed by atoms with van der Waals surface area (Å²) in [4.78, 5) is 6.29. The first-order chi connectivity index (χ1) is 18.5. The Kier molecular flexibility index (Phi) is 8.88. The molecule has 0 saturated heterocycles. The summed E-state index contributed by atoms with van der Waals surface area (Å²) in [7, 11) is 12.2. The van der Waals surface area contributed by atoms with Crippen molar-refractivity contribution in [3.8, 4) is 0 Å². The van der Waals surface area contributed by atoms with E-state index in [9.17, 15) is 0 Å². The van der Waals surface area contributed by atoms with Gasteiger partial charge in [0.05, 0.1) is 55.3 Å². The van der Waals surface area contributed by atoms with Crippen LogP contribution in [0.25, 0.3) is 0 Å². The Bertz CT molecular complexity index is 1200. The number of benzene rings is 1. The minimum Gasteiger partial charge on any atom is -0.303 e. The van der Waals surface area contributed by atoms with E-state index in [1.807, 2.05) is 74.9 Å². The normalized spacial score (nSPS) is 12.0. The van der Waals surface area contributed by atoms with Crippen LogP contribution < -0.4 is 0 Å². The molecule has 3 aromatic heterocycles. The highest BCUT2D eigenvalue weighted by Crippen LogP contribution is 2.29. The number of aromatic nitrogens is 9. The van der Waals surface area contributed by atoms with Gasteiger partial charge in [-0.15, -0.1) is 15.3 Å². The standard InChI is InChI=1S/C27H42N12/c1-19-25(16-37-13-22(28-31-37)10-34(4)5)20(2)27(18-39-15-24(30-33-39)12-36(8)9)21(3)26(19)17-38-14-23(29-32-38)11-35(6)7/h13-15H,10-12,16-18H2,1-9H3. The SMILES string of the molecule is Cc1c(Cn2cc(CN(C)C)nn2)c(C)c(Cn2cc(CN(C)C)nn2)c(C)c1Cn1cc(CN(C)C)nn1. The molecule has 0 bridgehead atoms. The molecule has 0 unspecified atom stereocenters. The van der Waals surface area contributed by atoms with E-state index >= 15 is 0 Å². The Balaban J connectivity index is 1.72. The maximum atomic E-state index is 4.43. The van der Waals surface area contributed by atoms with Crippen molar-refractivity contribution < 1.29 is 0 Å². The van der Waals surface area contributed by atoms with Crippen LogP contribution in [0.1, 0.15) is 50.5 Å². The third-order valence-corrected chi connectivity index (χ3v) is 6.87. The van der Waals surface area contributed by atoms with Crippen molar-refractivity contribution in [1.82, 2.24) is 59.7 Å². The lowest BCUT2D eigenvalue weighted by Crippen LogP contribution is -2.16. The molecule has 4 rings (SSSR count). The number of hydrogen-bond donors (Lipinski definition) is 0. The fourth-order valence-corrected chi connectivity index (χ4v) is 5.02. The van der Waals surface area contributed by atoms with Crippen molar-refractivity contribution in [3.63, 3.8) is 0 Å². The maximum Gasteiger partial charge on any atom is 0.0967 e. The average molecular weight is 535 g/mol. The van der Waals surface area contributed by atoms with Crippen molar-refractivity contribution in [2.45, 2.75) is 60.0 Å². The second-order valence-corrected chi connectivity index (χ2v) is 11.2. The quantitative estimate of drug-likeness (QED) is 0.269. The van der Waals surface area contributed by atoms with Crippen LogP contribution >= 0.6 is 0 Å². The van der Waals surface area contributed by atoms with Crippen LogP contribution in [0.2, 0.25) is 0 Å². The van der Waals surface area contributed by atoms with Gasteiger partial charge >= 0.3 is 0 Å². The van der Waals surface area contributed by atoms with Gasteiger partial charge in [-0.25, -0.2) is 14.0 Å². The summed E-state index contributed by atoms with van der Waals surface area (Å²) < 4.78 is 5.81. The second kappa shape index (κ2) is 12.1. The maximum absolute atomic E-state index is 4.43. The zero-order chi connectivity index (χ0) is 28.3. The molecule has 0 amide bonds. The van der Waals surface area contributed by atoms with Crippen molar-refractivity contribution in [2.24, 2.45) is 0 Å². The molecule has 4 aromatic rings. The number of hydrogen-bond acceptors (Lipinski definition) is 9. The molecule has 0 saturated carbocycles. The van der Waals surface area contributed by atoms with Crippen molar-refractivity contribution in [3.05, 3.63) is 69.1 Å². The fraction of sp³-hybridized carbons (Fsp3) is 0.556. The van der Waals surface area contributed by atoms with Crippen molar-refractivity contribution >= 4 is 0 Å². The lowest BCUT2D eigenvalue weighted by atomic mass is 9.88. The van der Waals surface area contributed by atoms with Gasteiger partial charge in [-0.1, -0.05) is 15.6 Å². The zero-order valence-corrected chi connectivity index (χ0v) is 24.8. The number of nitrogens with zero attached hydrogens (tertiary/aromatic N) is 12. The molecule has 0 aliphatic rings. The van der Waals surface area contributed by atoms with Gasteiger partial charge in [0, 0.05) is 19.6 Å². The lowest BCUT2D eigenvalue weighted by Gasteiger charge is -2.22. The predicted octanol–water partition coefficient (Wildman–Crippen LogP) is 1.72. The largest absolute Gasteiger partial charge is 0.303 e. The summed E-state index contributed by atoms with van der Waals surface area (Å²) in [6.45, 7) is 10.8. The van der Waals surface area contributed by atoms with E-state index in [1.165, 1.54) is 33.4 Å². The van der Waals surface area contributed by atoms with Gasteiger partial charge in [-0.05, 0) is 96.4 Å². The molecule has 0 aliphatic carbocycles. The zero-order valence-electron chi connectivity index (χ0n) is 24.8. The summed E-state index contributed by atoms with van der Waals surface area (Å²) >= 11 is 0. The van der Waals surface area contributed by atoms with E-state index < -0.39 is 0 Å². The molecule has 12 nitrogen and oxygen atoms in total. The molecule has 0 fully saturated rings. The second-order valence-electron chi connectivity index (χ2n) is 11.2. The molecule has 0 radical (unpaired) electrons. The molecule has 210 valence electrons. The first-order valence-corrected chi connectivity index (χ1v) is 13.2. The van der Waals surface area contributed by atoms with Crippen molar-refractivity contribution in [1.29, 1.82) is 0 Å². The molecule has 0 N–H and O–H groups in total. The Hall–Kier alpha value is -3.48. The first kappa shape index (κ1) is 28.5. The summed E-state index contributed by atoms with van der Waals surface area (Å²) in [5.41, 5.74) is 10.3. The monoisotopic (exact) mass is 534 g/mol. The molecule has 3 heterocycles. The summed E-state index contributed by atoms with van der Waals surface area (Å²) in [6.07, 6.45) is 6.11. The van der Waals surface area contributed by atoms with Gasteiger partial charge in [0.2, 0.25) is 0 Å². The van der Waals surface area contributed by atoms with E-state index in [2.05, 4.69) is 66.4 Å². The Labute approximate surface area is 231 Å². The van der Waals surface area contributed by atoms with E-state index in [-0.39, 0.29) is 0 Å². The van der Waals surface area contributed by atoms with E-state index in [0.29, 0.717) is 19.6 Å². The van der Waals surface area contributed by atoms with Crippen LogP contribution in [0.5, 0.6) is 0 Å². The lowest BCUT2D eigenvalue weighted by molar-refractivity contribution is 0.396. The Morgan fingerprint density at radius 2 is 0.744 bits per heavy atom. The molecule has 0 spiro atoms. The van der Waals surface area contributed by atoms with E-state index in [4.69, 9.17) is 0 Å². The minimum absolute atomic E-state index is 0.644.